The minimum atomic E-state index is -0.508. The molecule has 146 valence electrons. The van der Waals surface area contributed by atoms with Crippen LogP contribution in [0.5, 0.6) is 0 Å². The average molecular weight is 475 g/mol. The fraction of sp³-hybridized carbons (Fsp3) is 0. The van der Waals surface area contributed by atoms with E-state index in [4.69, 9.17) is 11.6 Å². The number of benzene rings is 3. The Bertz CT molecular complexity index is 1070. The Kier molecular flexibility index (Phi) is 6.74. The van der Waals surface area contributed by atoms with Crippen molar-refractivity contribution in [3.63, 3.8) is 0 Å². The fourth-order valence-corrected chi connectivity index (χ4v) is 2.87. The van der Waals surface area contributed by atoms with Gasteiger partial charge in [0.25, 0.3) is 11.8 Å². The predicted molar refractivity (Wildman–Crippen MR) is 115 cm³/mol. The van der Waals surface area contributed by atoms with Crippen molar-refractivity contribution in [1.29, 1.82) is 0 Å². The standard InChI is InChI=1S/C21H14BrClFN3O2/c22-15-5-10-19(26-20(28)14-3-8-17(24)9-4-14)18(11-15)21(29)27-25-12-13-1-6-16(23)7-2-13/h1-12H,(H,26,28)(H,27,29)/b25-12+. The van der Waals surface area contributed by atoms with Crippen LogP contribution < -0.4 is 10.7 Å². The molecule has 0 saturated heterocycles. The first-order valence-corrected chi connectivity index (χ1v) is 9.55. The first kappa shape index (κ1) is 20.7. The molecule has 29 heavy (non-hydrogen) atoms. The molecule has 3 rings (SSSR count). The second kappa shape index (κ2) is 9.45. The molecule has 0 aliphatic rings. The highest BCUT2D eigenvalue weighted by Crippen LogP contribution is 2.22. The summed E-state index contributed by atoms with van der Waals surface area (Å²) in [7, 11) is 0. The lowest BCUT2D eigenvalue weighted by Gasteiger charge is -2.11. The molecule has 0 heterocycles. The summed E-state index contributed by atoms with van der Waals surface area (Å²) in [6, 6.07) is 16.9. The van der Waals surface area contributed by atoms with E-state index >= 15 is 0 Å². The van der Waals surface area contributed by atoms with Gasteiger partial charge in [0.05, 0.1) is 17.5 Å². The van der Waals surface area contributed by atoms with Gasteiger partial charge in [-0.2, -0.15) is 5.10 Å². The van der Waals surface area contributed by atoms with Crippen LogP contribution >= 0.6 is 27.5 Å². The molecule has 0 bridgehead atoms. The minimum absolute atomic E-state index is 0.211. The summed E-state index contributed by atoms with van der Waals surface area (Å²) >= 11 is 9.14. The average Bonchev–Trinajstić information content (AvgIpc) is 2.71. The molecule has 0 saturated carbocycles. The Balaban J connectivity index is 1.75. The van der Waals surface area contributed by atoms with Gasteiger partial charge in [-0.05, 0) is 60.2 Å². The van der Waals surface area contributed by atoms with Crippen molar-refractivity contribution in [2.45, 2.75) is 0 Å². The van der Waals surface area contributed by atoms with Crippen LogP contribution in [-0.4, -0.2) is 18.0 Å². The van der Waals surface area contributed by atoms with Gasteiger partial charge < -0.3 is 5.32 Å². The van der Waals surface area contributed by atoms with Crippen molar-refractivity contribution in [3.8, 4) is 0 Å². The summed E-state index contributed by atoms with van der Waals surface area (Å²) in [5, 5.41) is 7.19. The Hall–Kier alpha value is -3.03. The maximum Gasteiger partial charge on any atom is 0.273 e. The van der Waals surface area contributed by atoms with Gasteiger partial charge in [-0.1, -0.05) is 39.7 Å². The number of amides is 2. The van der Waals surface area contributed by atoms with E-state index in [9.17, 15) is 14.0 Å². The van der Waals surface area contributed by atoms with Crippen LogP contribution in [0, 0.1) is 5.82 Å². The van der Waals surface area contributed by atoms with Gasteiger partial charge in [-0.15, -0.1) is 0 Å². The second-order valence-electron chi connectivity index (χ2n) is 5.90. The van der Waals surface area contributed by atoms with E-state index in [1.54, 1.807) is 42.5 Å². The van der Waals surface area contributed by atoms with Crippen molar-refractivity contribution in [1.82, 2.24) is 5.43 Å². The Morgan fingerprint density at radius 2 is 1.66 bits per heavy atom. The van der Waals surface area contributed by atoms with E-state index in [1.807, 2.05) is 0 Å². The van der Waals surface area contributed by atoms with Crippen molar-refractivity contribution < 1.29 is 14.0 Å². The summed E-state index contributed by atoms with van der Waals surface area (Å²) in [4.78, 5) is 25.0. The van der Waals surface area contributed by atoms with E-state index in [2.05, 4.69) is 31.8 Å². The molecule has 0 atom stereocenters. The van der Waals surface area contributed by atoms with E-state index in [1.165, 1.54) is 30.5 Å². The van der Waals surface area contributed by atoms with Crippen molar-refractivity contribution >= 4 is 51.2 Å². The van der Waals surface area contributed by atoms with Gasteiger partial charge in [0.2, 0.25) is 0 Å². The van der Waals surface area contributed by atoms with Gasteiger partial charge in [0.1, 0.15) is 5.82 Å². The van der Waals surface area contributed by atoms with Crippen molar-refractivity contribution in [3.05, 3.63) is 98.7 Å². The second-order valence-corrected chi connectivity index (χ2v) is 7.25. The maximum absolute atomic E-state index is 13.0. The molecule has 3 aromatic carbocycles. The van der Waals surface area contributed by atoms with Crippen LogP contribution in [0.2, 0.25) is 5.02 Å². The highest BCUT2D eigenvalue weighted by atomic mass is 79.9. The van der Waals surface area contributed by atoms with E-state index < -0.39 is 17.6 Å². The fourth-order valence-electron chi connectivity index (χ4n) is 2.38. The highest BCUT2D eigenvalue weighted by Gasteiger charge is 2.15. The molecule has 0 radical (unpaired) electrons. The summed E-state index contributed by atoms with van der Waals surface area (Å²) in [5.41, 5.74) is 3.95. The van der Waals surface area contributed by atoms with E-state index in [0.29, 0.717) is 15.2 Å². The number of hydrogen-bond donors (Lipinski definition) is 2. The van der Waals surface area contributed by atoms with E-state index in [0.717, 1.165) is 5.56 Å². The third kappa shape index (κ3) is 5.73. The number of nitrogens with one attached hydrogen (secondary N) is 2. The molecule has 2 N–H and O–H groups in total. The molecule has 0 aliphatic carbocycles. The van der Waals surface area contributed by atoms with Gasteiger partial charge >= 0.3 is 0 Å². The summed E-state index contributed by atoms with van der Waals surface area (Å²) < 4.78 is 13.7. The lowest BCUT2D eigenvalue weighted by atomic mass is 10.1. The Labute approximate surface area is 179 Å². The number of nitrogens with zero attached hydrogens (tertiary/aromatic N) is 1. The maximum atomic E-state index is 13.0. The van der Waals surface area contributed by atoms with Crippen LogP contribution in [-0.2, 0) is 0 Å². The van der Waals surface area contributed by atoms with Gasteiger partial charge in [0.15, 0.2) is 0 Å². The zero-order valence-corrected chi connectivity index (χ0v) is 17.2. The topological polar surface area (TPSA) is 70.6 Å². The number of rotatable bonds is 5. The summed E-state index contributed by atoms with van der Waals surface area (Å²) in [6.07, 6.45) is 1.48. The first-order valence-electron chi connectivity index (χ1n) is 8.38. The lowest BCUT2D eigenvalue weighted by molar-refractivity contribution is 0.0956. The van der Waals surface area contributed by atoms with Gasteiger partial charge in [-0.25, -0.2) is 9.82 Å². The monoisotopic (exact) mass is 473 g/mol. The van der Waals surface area contributed by atoms with Gasteiger partial charge in [-0.3, -0.25) is 9.59 Å². The summed E-state index contributed by atoms with van der Waals surface area (Å²) in [5.74, 6) is -1.42. The Morgan fingerprint density at radius 1 is 0.966 bits per heavy atom. The highest BCUT2D eigenvalue weighted by molar-refractivity contribution is 9.10. The summed E-state index contributed by atoms with van der Waals surface area (Å²) in [6.45, 7) is 0. The quantitative estimate of drug-likeness (QED) is 0.391. The van der Waals surface area contributed by atoms with Crippen LogP contribution in [0.1, 0.15) is 26.3 Å². The molecule has 0 spiro atoms. The van der Waals surface area contributed by atoms with Crippen LogP contribution in [0.4, 0.5) is 10.1 Å². The zero-order chi connectivity index (χ0) is 20.8. The minimum Gasteiger partial charge on any atom is -0.321 e. The number of carbonyl (C=O) groups excluding carboxylic acids is 2. The zero-order valence-electron chi connectivity index (χ0n) is 14.8. The van der Waals surface area contributed by atoms with Crippen molar-refractivity contribution in [2.24, 2.45) is 5.10 Å². The molecule has 2 amide bonds. The molecular weight excluding hydrogens is 461 g/mol. The third-order valence-electron chi connectivity index (χ3n) is 3.83. The van der Waals surface area contributed by atoms with Crippen LogP contribution in [0.15, 0.2) is 76.3 Å². The van der Waals surface area contributed by atoms with Crippen LogP contribution in [0.3, 0.4) is 0 Å². The molecule has 5 nitrogen and oxygen atoms in total. The predicted octanol–water partition coefficient (Wildman–Crippen LogP) is 5.26. The van der Waals surface area contributed by atoms with Crippen LogP contribution in [0.25, 0.3) is 0 Å². The largest absolute Gasteiger partial charge is 0.321 e. The normalized spacial score (nSPS) is 10.7. The molecule has 8 heteroatoms. The number of carbonyl (C=O) groups is 2. The first-order chi connectivity index (χ1) is 13.9. The number of anilines is 1. The smallest absolute Gasteiger partial charge is 0.273 e. The number of halogens is 3. The SMILES string of the molecule is O=C(Nc1ccc(Br)cc1C(=O)N/N=C/c1ccc(Cl)cc1)c1ccc(F)cc1. The third-order valence-corrected chi connectivity index (χ3v) is 4.58. The molecule has 0 aliphatic heterocycles. The lowest BCUT2D eigenvalue weighted by Crippen LogP contribution is -2.21. The number of hydrogen-bond acceptors (Lipinski definition) is 3. The molecule has 0 aromatic heterocycles. The van der Waals surface area contributed by atoms with Gasteiger partial charge in [0, 0.05) is 15.1 Å². The molecule has 0 fully saturated rings. The number of hydrazone groups is 1. The van der Waals surface area contributed by atoms with E-state index in [-0.39, 0.29) is 11.1 Å². The molecule has 0 unspecified atom stereocenters. The Morgan fingerprint density at radius 3 is 2.34 bits per heavy atom. The molecule has 3 aromatic rings. The molecular formula is C21H14BrClFN3O2. The van der Waals surface area contributed by atoms with Crippen molar-refractivity contribution in [2.75, 3.05) is 5.32 Å².